The highest BCUT2D eigenvalue weighted by atomic mass is 16.6. The van der Waals surface area contributed by atoms with Crippen LogP contribution >= 0.6 is 0 Å². The fourth-order valence-electron chi connectivity index (χ4n) is 0.861. The predicted octanol–water partition coefficient (Wildman–Crippen LogP) is 1.35. The molecular weight excluding hydrogens is 174 g/mol. The molecule has 0 aromatic heterocycles. The number of phenols is 2. The van der Waals surface area contributed by atoms with Gasteiger partial charge in [-0.1, -0.05) is 0 Å². The summed E-state index contributed by atoms with van der Waals surface area (Å²) in [6, 6.07) is 3.75. The summed E-state index contributed by atoms with van der Waals surface area (Å²) in [5.41, 5.74) is 0.370. The highest BCUT2D eigenvalue weighted by Gasteiger charge is 1.96. The van der Waals surface area contributed by atoms with Crippen molar-refractivity contribution in [3.05, 3.63) is 40.1 Å². The number of phenolic OH excluding ortho intramolecular Hbond substituents is 2. The van der Waals surface area contributed by atoms with E-state index in [-0.39, 0.29) is 11.5 Å². The minimum atomic E-state index is -0.624. The summed E-state index contributed by atoms with van der Waals surface area (Å²) in [6.07, 6.45) is 1.91. The fourth-order valence-corrected chi connectivity index (χ4v) is 0.861. The molecular formula is C8H7NO4. The standard InChI is InChI=1S/C8H7NO4/c10-7-3-6(1-2-9(12)13)4-8(11)5-7/h1-5,10-11H/b2-1+. The quantitative estimate of drug-likeness (QED) is 0.532. The van der Waals surface area contributed by atoms with Crippen LogP contribution in [0, 0.1) is 10.1 Å². The molecule has 0 fully saturated rings. The van der Waals surface area contributed by atoms with E-state index in [1.165, 1.54) is 18.2 Å². The maximum atomic E-state index is 9.94. The smallest absolute Gasteiger partial charge is 0.235 e. The van der Waals surface area contributed by atoms with Gasteiger partial charge in [-0.25, -0.2) is 0 Å². The first-order valence-electron chi connectivity index (χ1n) is 3.42. The first kappa shape index (κ1) is 9.05. The summed E-state index contributed by atoms with van der Waals surface area (Å²) in [7, 11) is 0. The predicted molar refractivity (Wildman–Crippen MR) is 45.8 cm³/mol. The van der Waals surface area contributed by atoms with Gasteiger partial charge in [0.15, 0.2) is 0 Å². The highest BCUT2D eigenvalue weighted by molar-refractivity contribution is 5.53. The lowest BCUT2D eigenvalue weighted by Crippen LogP contribution is -1.82. The SMILES string of the molecule is O=[N+]([O-])/C=C/c1cc(O)cc(O)c1. The van der Waals surface area contributed by atoms with Crippen LogP contribution in [0.1, 0.15) is 5.56 Å². The van der Waals surface area contributed by atoms with E-state index in [0.717, 1.165) is 12.3 Å². The summed E-state index contributed by atoms with van der Waals surface area (Å²) in [4.78, 5) is 9.31. The molecule has 1 aromatic carbocycles. The Bertz CT molecular complexity index is 339. The largest absolute Gasteiger partial charge is 0.508 e. The maximum absolute atomic E-state index is 9.94. The third-order valence-electron chi connectivity index (χ3n) is 1.31. The molecule has 0 saturated carbocycles. The molecule has 0 aliphatic carbocycles. The lowest BCUT2D eigenvalue weighted by atomic mass is 10.2. The van der Waals surface area contributed by atoms with Crippen molar-refractivity contribution in [2.45, 2.75) is 0 Å². The third-order valence-corrected chi connectivity index (χ3v) is 1.31. The summed E-state index contributed by atoms with van der Waals surface area (Å²) >= 11 is 0. The Labute approximate surface area is 73.7 Å². The minimum Gasteiger partial charge on any atom is -0.508 e. The summed E-state index contributed by atoms with van der Waals surface area (Å²) in [6.45, 7) is 0. The van der Waals surface area contributed by atoms with E-state index >= 15 is 0 Å². The van der Waals surface area contributed by atoms with E-state index in [2.05, 4.69) is 0 Å². The van der Waals surface area contributed by atoms with Crippen LogP contribution in [-0.4, -0.2) is 15.1 Å². The second kappa shape index (κ2) is 3.57. The van der Waals surface area contributed by atoms with Crippen molar-refractivity contribution in [3.63, 3.8) is 0 Å². The average molecular weight is 181 g/mol. The van der Waals surface area contributed by atoms with Crippen molar-refractivity contribution < 1.29 is 15.1 Å². The zero-order chi connectivity index (χ0) is 9.84. The van der Waals surface area contributed by atoms with E-state index in [1.807, 2.05) is 0 Å². The molecule has 0 bridgehead atoms. The second-order valence-electron chi connectivity index (χ2n) is 2.38. The molecule has 0 heterocycles. The van der Waals surface area contributed by atoms with E-state index in [9.17, 15) is 10.1 Å². The van der Waals surface area contributed by atoms with Crippen LogP contribution in [-0.2, 0) is 0 Å². The maximum Gasteiger partial charge on any atom is 0.235 e. The van der Waals surface area contributed by atoms with Gasteiger partial charge in [-0.05, 0) is 17.7 Å². The van der Waals surface area contributed by atoms with Crippen LogP contribution in [0.5, 0.6) is 11.5 Å². The molecule has 13 heavy (non-hydrogen) atoms. The molecule has 5 nitrogen and oxygen atoms in total. The van der Waals surface area contributed by atoms with Gasteiger partial charge in [0.05, 0.1) is 4.92 Å². The van der Waals surface area contributed by atoms with Crippen molar-refractivity contribution in [2.24, 2.45) is 0 Å². The molecule has 5 heteroatoms. The van der Waals surface area contributed by atoms with Crippen molar-refractivity contribution >= 4 is 6.08 Å². The second-order valence-corrected chi connectivity index (χ2v) is 2.38. The molecule has 0 spiro atoms. The van der Waals surface area contributed by atoms with Crippen LogP contribution in [0.15, 0.2) is 24.4 Å². The molecule has 68 valence electrons. The van der Waals surface area contributed by atoms with Gasteiger partial charge < -0.3 is 10.2 Å². The van der Waals surface area contributed by atoms with E-state index < -0.39 is 4.92 Å². The molecule has 0 radical (unpaired) electrons. The van der Waals surface area contributed by atoms with Crippen LogP contribution < -0.4 is 0 Å². The number of nitrogens with zero attached hydrogens (tertiary/aromatic N) is 1. The van der Waals surface area contributed by atoms with Gasteiger partial charge >= 0.3 is 0 Å². The van der Waals surface area contributed by atoms with Gasteiger partial charge in [-0.2, -0.15) is 0 Å². The van der Waals surface area contributed by atoms with E-state index in [4.69, 9.17) is 10.2 Å². The molecule has 0 saturated heterocycles. The number of hydrogen-bond donors (Lipinski definition) is 2. The normalized spacial score (nSPS) is 10.5. The Kier molecular flexibility index (Phi) is 2.49. The van der Waals surface area contributed by atoms with Crippen molar-refractivity contribution in [1.82, 2.24) is 0 Å². The van der Waals surface area contributed by atoms with Gasteiger partial charge in [0.2, 0.25) is 6.20 Å². The van der Waals surface area contributed by atoms with Gasteiger partial charge in [-0.3, -0.25) is 10.1 Å². The van der Waals surface area contributed by atoms with Gasteiger partial charge in [-0.15, -0.1) is 0 Å². The molecule has 0 atom stereocenters. The lowest BCUT2D eigenvalue weighted by Gasteiger charge is -1.96. The Morgan fingerprint density at radius 2 is 1.77 bits per heavy atom. The fraction of sp³-hybridized carbons (Fsp3) is 0. The number of nitro groups is 1. The Balaban J connectivity index is 2.95. The first-order chi connectivity index (χ1) is 6.08. The molecule has 2 N–H and O–H groups in total. The van der Waals surface area contributed by atoms with Gasteiger partial charge in [0.1, 0.15) is 11.5 Å². The zero-order valence-electron chi connectivity index (χ0n) is 6.54. The van der Waals surface area contributed by atoms with Crippen LogP contribution in [0.2, 0.25) is 0 Å². The molecule has 1 aromatic rings. The Hall–Kier alpha value is -2.04. The average Bonchev–Trinajstić information content (AvgIpc) is 1.99. The van der Waals surface area contributed by atoms with Crippen molar-refractivity contribution in [3.8, 4) is 11.5 Å². The number of benzene rings is 1. The van der Waals surface area contributed by atoms with Crippen LogP contribution in [0.3, 0.4) is 0 Å². The van der Waals surface area contributed by atoms with Gasteiger partial charge in [0.25, 0.3) is 0 Å². The number of rotatable bonds is 2. The lowest BCUT2D eigenvalue weighted by molar-refractivity contribution is -0.400. The molecule has 0 amide bonds. The van der Waals surface area contributed by atoms with Crippen LogP contribution in [0.4, 0.5) is 0 Å². The van der Waals surface area contributed by atoms with E-state index in [1.54, 1.807) is 0 Å². The zero-order valence-corrected chi connectivity index (χ0v) is 6.54. The Morgan fingerprint density at radius 3 is 2.23 bits per heavy atom. The molecule has 0 aliphatic rings. The minimum absolute atomic E-state index is 0.136. The number of hydrogen-bond acceptors (Lipinski definition) is 4. The third kappa shape index (κ3) is 2.82. The summed E-state index contributed by atoms with van der Waals surface area (Å²) in [5.74, 6) is -0.272. The first-order valence-corrected chi connectivity index (χ1v) is 3.42. The topological polar surface area (TPSA) is 83.6 Å². The number of aromatic hydroxyl groups is 2. The summed E-state index contributed by atoms with van der Waals surface area (Å²) in [5, 5.41) is 27.9. The molecule has 0 unspecified atom stereocenters. The highest BCUT2D eigenvalue weighted by Crippen LogP contribution is 2.20. The van der Waals surface area contributed by atoms with Crippen LogP contribution in [0.25, 0.3) is 6.08 Å². The van der Waals surface area contributed by atoms with Gasteiger partial charge in [0, 0.05) is 12.1 Å². The molecule has 0 aliphatic heterocycles. The molecule has 1 rings (SSSR count). The van der Waals surface area contributed by atoms with Crippen molar-refractivity contribution in [2.75, 3.05) is 0 Å². The van der Waals surface area contributed by atoms with E-state index in [0.29, 0.717) is 5.56 Å². The summed E-state index contributed by atoms with van der Waals surface area (Å²) < 4.78 is 0. The Morgan fingerprint density at radius 1 is 1.23 bits per heavy atom. The monoisotopic (exact) mass is 181 g/mol. The van der Waals surface area contributed by atoms with Crippen molar-refractivity contribution in [1.29, 1.82) is 0 Å².